The first-order valence-corrected chi connectivity index (χ1v) is 6.83. The van der Waals surface area contributed by atoms with Gasteiger partial charge in [-0.3, -0.25) is 9.59 Å². The van der Waals surface area contributed by atoms with Crippen molar-refractivity contribution in [2.45, 2.75) is 40.0 Å². The van der Waals surface area contributed by atoms with Crippen LogP contribution in [0.25, 0.3) is 0 Å². The molecule has 1 aromatic rings. The first-order valence-electron chi connectivity index (χ1n) is 6.83. The second-order valence-electron chi connectivity index (χ2n) is 4.73. The SMILES string of the molecule is CCCC(CNC(=O)c1cc(C)nnc1CC)C(=O)O. The van der Waals surface area contributed by atoms with E-state index in [0.29, 0.717) is 29.8 Å². The summed E-state index contributed by atoms with van der Waals surface area (Å²) in [6.07, 6.45) is 1.92. The largest absolute Gasteiger partial charge is 0.481 e. The molecule has 0 bridgehead atoms. The summed E-state index contributed by atoms with van der Waals surface area (Å²) in [5, 5.41) is 19.6. The summed E-state index contributed by atoms with van der Waals surface area (Å²) in [5.74, 6) is -1.72. The molecule has 0 spiro atoms. The number of nitrogens with zero attached hydrogens (tertiary/aromatic N) is 2. The minimum absolute atomic E-state index is 0.131. The first kappa shape index (κ1) is 16.1. The van der Waals surface area contributed by atoms with Gasteiger partial charge in [0.05, 0.1) is 22.9 Å². The third-order valence-corrected chi connectivity index (χ3v) is 3.07. The standard InChI is InChI=1S/C14H21N3O3/c1-4-6-10(14(19)20)8-15-13(18)11-7-9(3)16-17-12(11)5-2/h7,10H,4-6,8H2,1-3H3,(H,15,18)(H,19,20). The van der Waals surface area contributed by atoms with Crippen molar-refractivity contribution in [2.24, 2.45) is 5.92 Å². The highest BCUT2D eigenvalue weighted by Gasteiger charge is 2.19. The Balaban J connectivity index is 2.76. The Hall–Kier alpha value is -1.98. The molecule has 1 heterocycles. The van der Waals surface area contributed by atoms with Crippen molar-refractivity contribution in [3.63, 3.8) is 0 Å². The van der Waals surface area contributed by atoms with Crippen LogP contribution in [0, 0.1) is 12.8 Å². The fraction of sp³-hybridized carbons (Fsp3) is 0.571. The number of carboxylic acid groups (broad SMARTS) is 1. The van der Waals surface area contributed by atoms with Gasteiger partial charge in [-0.05, 0) is 25.8 Å². The number of carbonyl (C=O) groups excluding carboxylic acids is 1. The van der Waals surface area contributed by atoms with Crippen LogP contribution in [0.5, 0.6) is 0 Å². The van der Waals surface area contributed by atoms with E-state index in [1.54, 1.807) is 13.0 Å². The number of amides is 1. The van der Waals surface area contributed by atoms with Gasteiger partial charge in [0.1, 0.15) is 0 Å². The zero-order valence-electron chi connectivity index (χ0n) is 12.1. The van der Waals surface area contributed by atoms with Crippen LogP contribution in [0.4, 0.5) is 0 Å². The quantitative estimate of drug-likeness (QED) is 0.790. The maximum Gasteiger partial charge on any atom is 0.308 e. The number of hydrogen-bond donors (Lipinski definition) is 2. The average molecular weight is 279 g/mol. The molecular formula is C14H21N3O3. The van der Waals surface area contributed by atoms with Gasteiger partial charge in [0, 0.05) is 6.54 Å². The fourth-order valence-corrected chi connectivity index (χ4v) is 1.94. The lowest BCUT2D eigenvalue weighted by atomic mass is 10.0. The Morgan fingerprint density at radius 1 is 1.35 bits per heavy atom. The van der Waals surface area contributed by atoms with E-state index in [2.05, 4.69) is 15.5 Å². The van der Waals surface area contributed by atoms with Gasteiger partial charge in [0.15, 0.2) is 0 Å². The van der Waals surface area contributed by atoms with Crippen molar-refractivity contribution in [3.8, 4) is 0 Å². The van der Waals surface area contributed by atoms with Gasteiger partial charge in [-0.25, -0.2) is 0 Å². The predicted molar refractivity (Wildman–Crippen MR) is 74.5 cm³/mol. The lowest BCUT2D eigenvalue weighted by Gasteiger charge is -2.13. The van der Waals surface area contributed by atoms with Gasteiger partial charge in [-0.1, -0.05) is 20.3 Å². The van der Waals surface area contributed by atoms with Crippen molar-refractivity contribution in [1.29, 1.82) is 0 Å². The lowest BCUT2D eigenvalue weighted by Crippen LogP contribution is -2.33. The van der Waals surface area contributed by atoms with Crippen LogP contribution in [0.3, 0.4) is 0 Å². The summed E-state index contributed by atoms with van der Waals surface area (Å²) in [6.45, 7) is 5.71. The third-order valence-electron chi connectivity index (χ3n) is 3.07. The van der Waals surface area contributed by atoms with Crippen LogP contribution in [0.1, 0.15) is 48.4 Å². The smallest absolute Gasteiger partial charge is 0.308 e. The number of hydrogen-bond acceptors (Lipinski definition) is 4. The summed E-state index contributed by atoms with van der Waals surface area (Å²) < 4.78 is 0. The van der Waals surface area contributed by atoms with E-state index in [1.165, 1.54) is 0 Å². The van der Waals surface area contributed by atoms with E-state index in [9.17, 15) is 9.59 Å². The molecule has 0 aromatic carbocycles. The minimum atomic E-state index is -0.883. The molecule has 0 radical (unpaired) electrons. The maximum absolute atomic E-state index is 12.1. The Kier molecular flexibility index (Phi) is 6.09. The van der Waals surface area contributed by atoms with Gasteiger partial charge >= 0.3 is 5.97 Å². The molecule has 1 atom stereocenters. The monoisotopic (exact) mass is 279 g/mol. The molecule has 0 aliphatic rings. The van der Waals surface area contributed by atoms with Crippen molar-refractivity contribution in [2.75, 3.05) is 6.54 Å². The van der Waals surface area contributed by atoms with Crippen molar-refractivity contribution in [1.82, 2.24) is 15.5 Å². The number of rotatable bonds is 7. The number of aromatic nitrogens is 2. The first-order chi connectivity index (χ1) is 9.49. The molecule has 0 aliphatic carbocycles. The summed E-state index contributed by atoms with van der Waals surface area (Å²) >= 11 is 0. The summed E-state index contributed by atoms with van der Waals surface area (Å²) in [5.41, 5.74) is 1.76. The molecule has 1 aromatic heterocycles. The van der Waals surface area contributed by atoms with E-state index < -0.39 is 11.9 Å². The molecule has 20 heavy (non-hydrogen) atoms. The number of aliphatic carboxylic acids is 1. The summed E-state index contributed by atoms with van der Waals surface area (Å²) in [7, 11) is 0. The third kappa shape index (κ3) is 4.29. The normalized spacial score (nSPS) is 11.9. The van der Waals surface area contributed by atoms with Gasteiger partial charge in [0.25, 0.3) is 5.91 Å². The molecule has 6 nitrogen and oxygen atoms in total. The average Bonchev–Trinajstić information content (AvgIpc) is 2.42. The highest BCUT2D eigenvalue weighted by atomic mass is 16.4. The summed E-state index contributed by atoms with van der Waals surface area (Å²) in [4.78, 5) is 23.2. The van der Waals surface area contributed by atoms with E-state index >= 15 is 0 Å². The van der Waals surface area contributed by atoms with E-state index in [1.807, 2.05) is 13.8 Å². The molecule has 1 unspecified atom stereocenters. The minimum Gasteiger partial charge on any atom is -0.481 e. The number of nitrogens with one attached hydrogen (secondary N) is 1. The molecule has 0 saturated carbocycles. The van der Waals surface area contributed by atoms with Crippen molar-refractivity contribution in [3.05, 3.63) is 23.0 Å². The van der Waals surface area contributed by atoms with Gasteiger partial charge < -0.3 is 10.4 Å². The molecule has 1 amide bonds. The second-order valence-corrected chi connectivity index (χ2v) is 4.73. The molecule has 0 saturated heterocycles. The Morgan fingerprint density at radius 2 is 2.05 bits per heavy atom. The second kappa shape index (κ2) is 7.57. The van der Waals surface area contributed by atoms with Gasteiger partial charge in [-0.2, -0.15) is 10.2 Å². The fourth-order valence-electron chi connectivity index (χ4n) is 1.94. The van der Waals surface area contributed by atoms with Crippen LogP contribution >= 0.6 is 0 Å². The van der Waals surface area contributed by atoms with E-state index in [4.69, 9.17) is 5.11 Å². The lowest BCUT2D eigenvalue weighted by molar-refractivity contribution is -0.141. The number of carbonyl (C=O) groups is 2. The van der Waals surface area contributed by atoms with Crippen LogP contribution in [-0.2, 0) is 11.2 Å². The molecular weight excluding hydrogens is 258 g/mol. The molecule has 0 aliphatic heterocycles. The van der Waals surface area contributed by atoms with Crippen LogP contribution < -0.4 is 5.32 Å². The molecule has 2 N–H and O–H groups in total. The van der Waals surface area contributed by atoms with Crippen LogP contribution in [0.2, 0.25) is 0 Å². The Morgan fingerprint density at radius 3 is 2.60 bits per heavy atom. The Labute approximate surface area is 118 Å². The molecule has 0 fully saturated rings. The highest BCUT2D eigenvalue weighted by molar-refractivity contribution is 5.95. The molecule has 6 heteroatoms. The van der Waals surface area contributed by atoms with Crippen molar-refractivity contribution < 1.29 is 14.7 Å². The predicted octanol–water partition coefficient (Wildman–Crippen LogP) is 1.58. The van der Waals surface area contributed by atoms with Crippen LogP contribution in [-0.4, -0.2) is 33.7 Å². The number of aryl methyl sites for hydroxylation is 2. The summed E-state index contributed by atoms with van der Waals surface area (Å²) in [6, 6.07) is 1.68. The maximum atomic E-state index is 12.1. The Bertz CT molecular complexity index is 489. The van der Waals surface area contributed by atoms with E-state index in [0.717, 1.165) is 6.42 Å². The van der Waals surface area contributed by atoms with Crippen molar-refractivity contribution >= 4 is 11.9 Å². The van der Waals surface area contributed by atoms with Gasteiger partial charge in [0.2, 0.25) is 0 Å². The van der Waals surface area contributed by atoms with Crippen LogP contribution in [0.15, 0.2) is 6.07 Å². The topological polar surface area (TPSA) is 92.2 Å². The molecule has 110 valence electrons. The zero-order valence-corrected chi connectivity index (χ0v) is 12.1. The number of carboxylic acids is 1. The van der Waals surface area contributed by atoms with Gasteiger partial charge in [-0.15, -0.1) is 0 Å². The highest BCUT2D eigenvalue weighted by Crippen LogP contribution is 2.09. The molecule has 1 rings (SSSR count). The zero-order chi connectivity index (χ0) is 15.1. The van der Waals surface area contributed by atoms with E-state index in [-0.39, 0.29) is 12.5 Å².